The van der Waals surface area contributed by atoms with Gasteiger partial charge in [-0.3, -0.25) is 0 Å². The molecule has 4 nitrogen and oxygen atoms in total. The van der Waals surface area contributed by atoms with Gasteiger partial charge >= 0.3 is 5.97 Å². The molecule has 180 valence electrons. The van der Waals surface area contributed by atoms with Crippen LogP contribution in [0.3, 0.4) is 0 Å². The first kappa shape index (κ1) is 26.6. The van der Waals surface area contributed by atoms with Crippen LogP contribution < -0.4 is 9.47 Å². The van der Waals surface area contributed by atoms with Crippen molar-refractivity contribution in [2.45, 2.75) is 71.1 Å². The van der Waals surface area contributed by atoms with Crippen LogP contribution in [-0.2, 0) is 4.79 Å². The first-order valence-corrected chi connectivity index (χ1v) is 12.0. The van der Waals surface area contributed by atoms with Crippen molar-refractivity contribution in [1.29, 1.82) is 0 Å². The molecule has 0 aliphatic heterocycles. The van der Waals surface area contributed by atoms with Crippen molar-refractivity contribution in [3.63, 3.8) is 0 Å². The average molecular weight is 457 g/mol. The summed E-state index contributed by atoms with van der Waals surface area (Å²) in [5, 5.41) is 8.76. The van der Waals surface area contributed by atoms with Gasteiger partial charge < -0.3 is 14.6 Å². The van der Waals surface area contributed by atoms with E-state index in [0.717, 1.165) is 30.6 Å². The molecule has 33 heavy (non-hydrogen) atoms. The summed E-state index contributed by atoms with van der Waals surface area (Å²) in [4.78, 5) is 11.6. The number of aliphatic hydroxyl groups is 1. The third-order valence-corrected chi connectivity index (χ3v) is 5.49. The molecule has 0 aromatic heterocycles. The van der Waals surface area contributed by atoms with Crippen molar-refractivity contribution in [2.24, 2.45) is 0 Å². The third kappa shape index (κ3) is 10.2. The van der Waals surface area contributed by atoms with Crippen LogP contribution in [0.1, 0.15) is 71.1 Å². The fraction of sp³-hybridized carbons (Fsp3) is 0.464. The van der Waals surface area contributed by atoms with E-state index in [0.29, 0.717) is 18.8 Å². The van der Waals surface area contributed by atoms with E-state index < -0.39 is 11.8 Å². The first-order chi connectivity index (χ1) is 16.0. The van der Waals surface area contributed by atoms with Gasteiger partial charge in [0.1, 0.15) is 5.75 Å². The second-order valence-electron chi connectivity index (χ2n) is 8.45. The highest BCUT2D eigenvalue weighted by Gasteiger charge is 2.11. The van der Waals surface area contributed by atoms with Crippen LogP contribution in [0.15, 0.2) is 54.6 Å². The maximum Gasteiger partial charge on any atom is 0.338 e. The van der Waals surface area contributed by atoms with Gasteiger partial charge in [0, 0.05) is 12.2 Å². The van der Waals surface area contributed by atoms with E-state index >= 15 is 0 Å². The van der Waals surface area contributed by atoms with Gasteiger partial charge in [-0.1, -0.05) is 76.1 Å². The van der Waals surface area contributed by atoms with Gasteiger partial charge in [0.2, 0.25) is 0 Å². The van der Waals surface area contributed by atoms with Crippen molar-refractivity contribution < 1.29 is 23.8 Å². The van der Waals surface area contributed by atoms with Crippen molar-refractivity contribution in [3.05, 3.63) is 60.4 Å². The van der Waals surface area contributed by atoms with Gasteiger partial charge in [0.25, 0.3) is 0 Å². The molecular formula is C28H37FO4. The smallest absolute Gasteiger partial charge is 0.338 e. The second kappa shape index (κ2) is 15.2. The second-order valence-corrected chi connectivity index (χ2v) is 8.45. The molecule has 0 bridgehead atoms. The Morgan fingerprint density at radius 1 is 0.848 bits per heavy atom. The molecule has 2 aromatic carbocycles. The number of benzene rings is 2. The number of carbonyl (C=O) groups excluding carboxylic acids is 1. The predicted octanol–water partition coefficient (Wildman–Crippen LogP) is 7.25. The van der Waals surface area contributed by atoms with Crippen LogP contribution in [0.2, 0.25) is 0 Å². The predicted molar refractivity (Wildman–Crippen MR) is 131 cm³/mol. The summed E-state index contributed by atoms with van der Waals surface area (Å²) in [7, 11) is 0. The number of carbonyl (C=O) groups is 1. The molecule has 5 heteroatoms. The molecule has 0 heterocycles. The zero-order valence-corrected chi connectivity index (χ0v) is 19.8. The Bertz CT molecular complexity index is 861. The Morgan fingerprint density at radius 3 is 1.94 bits per heavy atom. The number of halogens is 1. The Hall–Kier alpha value is -2.66. The highest BCUT2D eigenvalue weighted by atomic mass is 19.1. The lowest BCUT2D eigenvalue weighted by atomic mass is 10.1. The SMILES string of the molecule is C=C(C)C(=O)Oc1ccc(-c2ccc(OCCCCCCCCCCCCO)cc2)cc1F. The molecule has 2 rings (SSSR count). The lowest BCUT2D eigenvalue weighted by Gasteiger charge is -2.09. The molecule has 0 unspecified atom stereocenters. The summed E-state index contributed by atoms with van der Waals surface area (Å²) in [6.07, 6.45) is 11.9. The van der Waals surface area contributed by atoms with E-state index in [1.54, 1.807) is 6.07 Å². The van der Waals surface area contributed by atoms with Crippen LogP contribution in [0.4, 0.5) is 4.39 Å². The van der Waals surface area contributed by atoms with E-state index in [-0.39, 0.29) is 11.3 Å². The normalized spacial score (nSPS) is 10.8. The van der Waals surface area contributed by atoms with Crippen LogP contribution in [0.5, 0.6) is 11.5 Å². The molecule has 0 spiro atoms. The van der Waals surface area contributed by atoms with E-state index in [1.807, 2.05) is 24.3 Å². The molecule has 0 aliphatic rings. The van der Waals surface area contributed by atoms with Gasteiger partial charge in [-0.15, -0.1) is 0 Å². The van der Waals surface area contributed by atoms with Gasteiger partial charge in [-0.25, -0.2) is 9.18 Å². The van der Waals surface area contributed by atoms with Crippen molar-refractivity contribution in [2.75, 3.05) is 13.2 Å². The highest BCUT2D eigenvalue weighted by molar-refractivity contribution is 5.88. The van der Waals surface area contributed by atoms with Crippen LogP contribution >= 0.6 is 0 Å². The zero-order valence-electron chi connectivity index (χ0n) is 19.8. The Kier molecular flexibility index (Phi) is 12.3. The minimum absolute atomic E-state index is 0.107. The van der Waals surface area contributed by atoms with E-state index in [2.05, 4.69) is 6.58 Å². The summed E-state index contributed by atoms with van der Waals surface area (Å²) >= 11 is 0. The number of esters is 1. The van der Waals surface area contributed by atoms with Gasteiger partial charge in [0.05, 0.1) is 6.61 Å². The van der Waals surface area contributed by atoms with E-state index in [1.165, 1.54) is 64.0 Å². The molecule has 0 fully saturated rings. The number of aliphatic hydroxyl groups excluding tert-OH is 1. The summed E-state index contributed by atoms with van der Waals surface area (Å²) in [6, 6.07) is 12.1. The highest BCUT2D eigenvalue weighted by Crippen LogP contribution is 2.27. The van der Waals surface area contributed by atoms with E-state index in [9.17, 15) is 9.18 Å². The molecule has 0 aliphatic carbocycles. The first-order valence-electron chi connectivity index (χ1n) is 12.0. The lowest BCUT2D eigenvalue weighted by molar-refractivity contribution is -0.130. The Labute approximate surface area is 197 Å². The molecule has 0 atom stereocenters. The summed E-state index contributed by atoms with van der Waals surface area (Å²) < 4.78 is 25.1. The molecule has 2 aromatic rings. The largest absolute Gasteiger partial charge is 0.494 e. The monoisotopic (exact) mass is 456 g/mol. The number of ether oxygens (including phenoxy) is 2. The van der Waals surface area contributed by atoms with Crippen LogP contribution in [0.25, 0.3) is 11.1 Å². The molecule has 0 radical (unpaired) electrons. The maximum absolute atomic E-state index is 14.3. The average Bonchev–Trinajstić information content (AvgIpc) is 2.81. The third-order valence-electron chi connectivity index (χ3n) is 5.49. The molecular weight excluding hydrogens is 419 g/mol. The number of unbranched alkanes of at least 4 members (excludes halogenated alkanes) is 9. The minimum atomic E-state index is -0.645. The quantitative estimate of drug-likeness (QED) is 0.125. The molecule has 1 N–H and O–H groups in total. The number of hydrogen-bond acceptors (Lipinski definition) is 4. The summed E-state index contributed by atoms with van der Waals surface area (Å²) in [5.74, 6) is -0.545. The molecule has 0 saturated heterocycles. The minimum Gasteiger partial charge on any atom is -0.494 e. The molecule has 0 amide bonds. The number of rotatable bonds is 16. The molecule has 0 saturated carbocycles. The maximum atomic E-state index is 14.3. The number of hydrogen-bond donors (Lipinski definition) is 1. The standard InChI is InChI=1S/C28H37FO4/c1-22(2)28(31)33-27-18-15-24(21-26(27)29)23-13-16-25(17-14-23)32-20-12-10-8-6-4-3-5-7-9-11-19-30/h13-18,21,30H,1,3-12,19-20H2,2H3. The Morgan fingerprint density at radius 2 is 1.39 bits per heavy atom. The summed E-state index contributed by atoms with van der Waals surface area (Å²) in [5.41, 5.74) is 1.77. The Balaban J connectivity index is 1.65. The van der Waals surface area contributed by atoms with Crippen LogP contribution in [-0.4, -0.2) is 24.3 Å². The van der Waals surface area contributed by atoms with Crippen LogP contribution in [0, 0.1) is 5.82 Å². The lowest BCUT2D eigenvalue weighted by Crippen LogP contribution is -2.09. The van der Waals surface area contributed by atoms with Crippen molar-refractivity contribution in [1.82, 2.24) is 0 Å². The topological polar surface area (TPSA) is 55.8 Å². The van der Waals surface area contributed by atoms with Crippen molar-refractivity contribution in [3.8, 4) is 22.6 Å². The van der Waals surface area contributed by atoms with Gasteiger partial charge in [0.15, 0.2) is 11.6 Å². The van der Waals surface area contributed by atoms with Gasteiger partial charge in [-0.05, 0) is 55.2 Å². The van der Waals surface area contributed by atoms with Crippen molar-refractivity contribution >= 4 is 5.97 Å². The zero-order chi connectivity index (χ0) is 23.9. The fourth-order valence-corrected chi connectivity index (χ4v) is 3.51. The van der Waals surface area contributed by atoms with E-state index in [4.69, 9.17) is 14.6 Å². The van der Waals surface area contributed by atoms with Gasteiger partial charge in [-0.2, -0.15) is 0 Å². The summed E-state index contributed by atoms with van der Waals surface area (Å²) in [6.45, 7) is 6.02. The fourth-order valence-electron chi connectivity index (χ4n) is 3.51.